The van der Waals surface area contributed by atoms with Crippen molar-refractivity contribution >= 4 is 43.3 Å². The van der Waals surface area contributed by atoms with Gasteiger partial charge in [0.1, 0.15) is 5.82 Å². The highest BCUT2D eigenvalue weighted by molar-refractivity contribution is 9.10. The number of thiazole rings is 1. The first kappa shape index (κ1) is 13.4. The van der Waals surface area contributed by atoms with Crippen molar-refractivity contribution in [2.75, 3.05) is 0 Å². The molecular formula is C15H9BrFNOS. The number of hydrogen-bond donors (Lipinski definition) is 0. The van der Waals surface area contributed by atoms with Gasteiger partial charge in [-0.2, -0.15) is 0 Å². The summed E-state index contributed by atoms with van der Waals surface area (Å²) in [5, 5.41) is 0.488. The van der Waals surface area contributed by atoms with Crippen LogP contribution >= 0.6 is 27.3 Å². The fraction of sp³-hybridized carbons (Fsp3) is 0.0667. The summed E-state index contributed by atoms with van der Waals surface area (Å²) < 4.78 is 14.6. The second-order valence-electron chi connectivity index (χ2n) is 4.32. The second-order valence-corrected chi connectivity index (χ2v) is 6.21. The van der Waals surface area contributed by atoms with Crippen molar-refractivity contribution in [1.29, 1.82) is 0 Å². The summed E-state index contributed by atoms with van der Waals surface area (Å²) in [6, 6.07) is 12.0. The standard InChI is InChI=1S/C15H9BrFNOS/c16-11-8-10(17)6-5-9(11)7-13(19)15-18-12-3-1-2-4-14(12)20-15/h1-6,8H,7H2. The smallest absolute Gasteiger partial charge is 0.195 e. The average molecular weight is 350 g/mol. The topological polar surface area (TPSA) is 30.0 Å². The van der Waals surface area contributed by atoms with Gasteiger partial charge in [-0.15, -0.1) is 11.3 Å². The predicted molar refractivity (Wildman–Crippen MR) is 81.8 cm³/mol. The molecular weight excluding hydrogens is 341 g/mol. The lowest BCUT2D eigenvalue weighted by Crippen LogP contribution is -2.03. The summed E-state index contributed by atoms with van der Waals surface area (Å²) in [7, 11) is 0. The van der Waals surface area contributed by atoms with E-state index in [1.54, 1.807) is 6.07 Å². The van der Waals surface area contributed by atoms with Gasteiger partial charge in [0.15, 0.2) is 10.8 Å². The van der Waals surface area contributed by atoms with Crippen molar-refractivity contribution in [3.63, 3.8) is 0 Å². The number of ketones is 1. The highest BCUT2D eigenvalue weighted by Gasteiger charge is 2.14. The third-order valence-corrected chi connectivity index (χ3v) is 4.71. The summed E-state index contributed by atoms with van der Waals surface area (Å²) in [4.78, 5) is 16.6. The second kappa shape index (κ2) is 5.42. The van der Waals surface area contributed by atoms with Crippen LogP contribution in [-0.2, 0) is 6.42 Å². The summed E-state index contributed by atoms with van der Waals surface area (Å²) >= 11 is 4.66. The lowest BCUT2D eigenvalue weighted by molar-refractivity contribution is 0.0992. The minimum atomic E-state index is -0.326. The molecule has 0 spiro atoms. The average Bonchev–Trinajstić information content (AvgIpc) is 2.86. The first-order valence-electron chi connectivity index (χ1n) is 5.96. The van der Waals surface area contributed by atoms with Crippen molar-refractivity contribution < 1.29 is 9.18 Å². The van der Waals surface area contributed by atoms with Crippen LogP contribution in [-0.4, -0.2) is 10.8 Å². The van der Waals surface area contributed by atoms with E-state index in [1.807, 2.05) is 24.3 Å². The number of rotatable bonds is 3. The van der Waals surface area contributed by atoms with Crippen LogP contribution in [0.5, 0.6) is 0 Å². The Bertz CT molecular complexity index is 766. The first-order valence-corrected chi connectivity index (χ1v) is 7.57. The SMILES string of the molecule is O=C(Cc1ccc(F)cc1Br)c1nc2ccccc2s1. The molecule has 0 bridgehead atoms. The van der Waals surface area contributed by atoms with Gasteiger partial charge in [0, 0.05) is 10.9 Å². The molecule has 0 atom stereocenters. The van der Waals surface area contributed by atoms with E-state index in [0.29, 0.717) is 9.48 Å². The highest BCUT2D eigenvalue weighted by atomic mass is 79.9. The van der Waals surface area contributed by atoms with Crippen molar-refractivity contribution in [3.05, 3.63) is 63.3 Å². The van der Waals surface area contributed by atoms with Crippen LogP contribution in [0.25, 0.3) is 10.2 Å². The molecule has 0 saturated heterocycles. The number of fused-ring (bicyclic) bond motifs is 1. The van der Waals surface area contributed by atoms with Crippen molar-refractivity contribution in [3.8, 4) is 0 Å². The Labute approximate surface area is 127 Å². The number of nitrogens with zero attached hydrogens (tertiary/aromatic N) is 1. The van der Waals surface area contributed by atoms with Gasteiger partial charge in [0.25, 0.3) is 0 Å². The summed E-state index contributed by atoms with van der Waals surface area (Å²) in [5.41, 5.74) is 1.59. The first-order chi connectivity index (χ1) is 9.63. The predicted octanol–water partition coefficient (Wildman–Crippen LogP) is 4.62. The largest absolute Gasteiger partial charge is 0.291 e. The molecule has 1 heterocycles. The number of para-hydroxylation sites is 1. The maximum atomic E-state index is 13.0. The number of hydrogen-bond acceptors (Lipinski definition) is 3. The van der Waals surface area contributed by atoms with Crippen LogP contribution in [0.4, 0.5) is 4.39 Å². The molecule has 0 amide bonds. The van der Waals surface area contributed by atoms with Crippen LogP contribution in [0, 0.1) is 5.82 Å². The van der Waals surface area contributed by atoms with E-state index in [-0.39, 0.29) is 18.0 Å². The number of halogens is 2. The zero-order chi connectivity index (χ0) is 14.1. The van der Waals surface area contributed by atoms with Crippen LogP contribution < -0.4 is 0 Å². The van der Waals surface area contributed by atoms with Crippen LogP contribution in [0.1, 0.15) is 15.4 Å². The zero-order valence-corrected chi connectivity index (χ0v) is 12.7. The Hall–Kier alpha value is -1.59. The van der Waals surface area contributed by atoms with E-state index in [4.69, 9.17) is 0 Å². The van der Waals surface area contributed by atoms with Crippen LogP contribution in [0.15, 0.2) is 46.9 Å². The quantitative estimate of drug-likeness (QED) is 0.645. The molecule has 0 radical (unpaired) electrons. The van der Waals surface area contributed by atoms with E-state index in [9.17, 15) is 9.18 Å². The van der Waals surface area contributed by atoms with Gasteiger partial charge in [-0.3, -0.25) is 4.79 Å². The number of Topliss-reactive ketones (excluding diaryl/α,β-unsaturated/α-hetero) is 1. The lowest BCUT2D eigenvalue weighted by Gasteiger charge is -2.02. The molecule has 20 heavy (non-hydrogen) atoms. The number of benzene rings is 2. The zero-order valence-electron chi connectivity index (χ0n) is 10.3. The fourth-order valence-electron chi connectivity index (χ4n) is 1.91. The molecule has 0 aliphatic heterocycles. The Morgan fingerprint density at radius 2 is 2.05 bits per heavy atom. The Balaban J connectivity index is 1.89. The summed E-state index contributed by atoms with van der Waals surface area (Å²) in [6.45, 7) is 0. The molecule has 0 fully saturated rings. The normalized spacial score (nSPS) is 10.9. The van der Waals surface area contributed by atoms with Gasteiger partial charge >= 0.3 is 0 Å². The van der Waals surface area contributed by atoms with E-state index >= 15 is 0 Å². The number of aromatic nitrogens is 1. The minimum Gasteiger partial charge on any atom is -0.291 e. The van der Waals surface area contributed by atoms with E-state index in [0.717, 1.165) is 15.8 Å². The molecule has 3 aromatic rings. The molecule has 0 N–H and O–H groups in total. The monoisotopic (exact) mass is 349 g/mol. The third kappa shape index (κ3) is 2.64. The molecule has 1 aromatic heterocycles. The number of carbonyl (C=O) groups excluding carboxylic acids is 1. The van der Waals surface area contributed by atoms with Gasteiger partial charge < -0.3 is 0 Å². The van der Waals surface area contributed by atoms with Gasteiger partial charge in [-0.25, -0.2) is 9.37 Å². The van der Waals surface area contributed by atoms with Gasteiger partial charge in [0.05, 0.1) is 10.2 Å². The van der Waals surface area contributed by atoms with Crippen molar-refractivity contribution in [2.24, 2.45) is 0 Å². The van der Waals surface area contributed by atoms with Crippen molar-refractivity contribution in [2.45, 2.75) is 6.42 Å². The fourth-order valence-corrected chi connectivity index (χ4v) is 3.30. The Morgan fingerprint density at radius 3 is 2.80 bits per heavy atom. The molecule has 0 aliphatic carbocycles. The van der Waals surface area contributed by atoms with E-state index in [1.165, 1.54) is 23.5 Å². The van der Waals surface area contributed by atoms with Crippen molar-refractivity contribution in [1.82, 2.24) is 4.98 Å². The van der Waals surface area contributed by atoms with E-state index in [2.05, 4.69) is 20.9 Å². The van der Waals surface area contributed by atoms with Crippen LogP contribution in [0.3, 0.4) is 0 Å². The maximum Gasteiger partial charge on any atom is 0.195 e. The van der Waals surface area contributed by atoms with Gasteiger partial charge in [-0.1, -0.05) is 34.1 Å². The molecule has 0 aliphatic rings. The molecule has 0 unspecified atom stereocenters. The van der Waals surface area contributed by atoms with E-state index < -0.39 is 0 Å². The number of carbonyl (C=O) groups is 1. The highest BCUT2D eigenvalue weighted by Crippen LogP contribution is 2.24. The lowest BCUT2D eigenvalue weighted by atomic mass is 10.1. The molecule has 100 valence electrons. The molecule has 5 heteroatoms. The minimum absolute atomic E-state index is 0.0569. The molecule has 2 aromatic carbocycles. The molecule has 3 rings (SSSR count). The summed E-state index contributed by atoms with van der Waals surface area (Å²) in [5.74, 6) is -0.383. The Morgan fingerprint density at radius 1 is 1.25 bits per heavy atom. The van der Waals surface area contributed by atoms with Gasteiger partial charge in [0.2, 0.25) is 0 Å². The molecule has 0 saturated carbocycles. The maximum absolute atomic E-state index is 13.0. The Kier molecular flexibility index (Phi) is 3.63. The third-order valence-electron chi connectivity index (χ3n) is 2.90. The summed E-state index contributed by atoms with van der Waals surface area (Å²) in [6.07, 6.45) is 0.209. The molecule has 2 nitrogen and oxygen atoms in total. The van der Waals surface area contributed by atoms with Gasteiger partial charge in [-0.05, 0) is 29.8 Å². The van der Waals surface area contributed by atoms with Crippen LogP contribution in [0.2, 0.25) is 0 Å².